The maximum atomic E-state index is 9.51. The average Bonchev–Trinajstić information content (AvgIpc) is 2.68. The van der Waals surface area contributed by atoms with Gasteiger partial charge in [-0.2, -0.15) is 5.10 Å². The maximum Gasteiger partial charge on any atom is 0.150 e. The summed E-state index contributed by atoms with van der Waals surface area (Å²) in [4.78, 5) is 0. The van der Waals surface area contributed by atoms with Gasteiger partial charge in [0.15, 0.2) is 6.23 Å². The summed E-state index contributed by atoms with van der Waals surface area (Å²) in [6.45, 7) is 2.77. The van der Waals surface area contributed by atoms with Gasteiger partial charge < -0.3 is 9.84 Å². The molecular formula is C13H16N2O2. The molecule has 1 N–H and O–H groups in total. The smallest absolute Gasteiger partial charge is 0.150 e. The molecule has 0 radical (unpaired) electrons. The van der Waals surface area contributed by atoms with E-state index in [2.05, 4.69) is 5.10 Å². The Kier molecular flexibility index (Phi) is 2.52. The van der Waals surface area contributed by atoms with Gasteiger partial charge in [0, 0.05) is 12.0 Å². The standard InChI is InChI=1S/C13H16N2O2/c1-9-11-8-10(16)5-6-12(11)15(14-9)13-4-2-3-7-17-13/h5-6,8,13,16H,2-4,7H2,1H3. The van der Waals surface area contributed by atoms with Crippen molar-refractivity contribution in [1.29, 1.82) is 0 Å². The first kappa shape index (κ1) is 10.6. The molecule has 90 valence electrons. The van der Waals surface area contributed by atoms with Crippen LogP contribution in [0.25, 0.3) is 10.9 Å². The molecule has 0 spiro atoms. The number of fused-ring (bicyclic) bond motifs is 1. The molecule has 1 aliphatic heterocycles. The van der Waals surface area contributed by atoms with Gasteiger partial charge in [0.1, 0.15) is 5.75 Å². The van der Waals surface area contributed by atoms with Crippen molar-refractivity contribution in [3.63, 3.8) is 0 Å². The van der Waals surface area contributed by atoms with Crippen molar-refractivity contribution in [2.75, 3.05) is 6.61 Å². The van der Waals surface area contributed by atoms with E-state index in [9.17, 15) is 5.11 Å². The van der Waals surface area contributed by atoms with Crippen molar-refractivity contribution in [2.24, 2.45) is 0 Å². The summed E-state index contributed by atoms with van der Waals surface area (Å²) in [5.74, 6) is 0.282. The molecule has 0 aliphatic carbocycles. The Morgan fingerprint density at radius 2 is 2.29 bits per heavy atom. The number of rotatable bonds is 1. The number of hydrogen-bond acceptors (Lipinski definition) is 3. The Morgan fingerprint density at radius 1 is 1.41 bits per heavy atom. The maximum absolute atomic E-state index is 9.51. The molecule has 0 amide bonds. The van der Waals surface area contributed by atoms with Gasteiger partial charge >= 0.3 is 0 Å². The number of hydrogen-bond donors (Lipinski definition) is 1. The molecule has 1 saturated heterocycles. The molecule has 2 heterocycles. The van der Waals surface area contributed by atoms with Crippen LogP contribution < -0.4 is 0 Å². The van der Waals surface area contributed by atoms with E-state index < -0.39 is 0 Å². The van der Waals surface area contributed by atoms with Gasteiger partial charge in [-0.15, -0.1) is 0 Å². The van der Waals surface area contributed by atoms with E-state index >= 15 is 0 Å². The molecule has 4 nitrogen and oxygen atoms in total. The highest BCUT2D eigenvalue weighted by Gasteiger charge is 2.19. The Hall–Kier alpha value is -1.55. The van der Waals surface area contributed by atoms with Crippen molar-refractivity contribution >= 4 is 10.9 Å². The lowest BCUT2D eigenvalue weighted by Crippen LogP contribution is -2.19. The van der Waals surface area contributed by atoms with E-state index in [1.165, 1.54) is 6.42 Å². The molecule has 0 bridgehead atoms. The third-order valence-electron chi connectivity index (χ3n) is 3.30. The zero-order valence-corrected chi connectivity index (χ0v) is 9.89. The summed E-state index contributed by atoms with van der Waals surface area (Å²) < 4.78 is 7.70. The lowest BCUT2D eigenvalue weighted by atomic mass is 10.1. The third-order valence-corrected chi connectivity index (χ3v) is 3.30. The van der Waals surface area contributed by atoms with Crippen molar-refractivity contribution in [3.8, 4) is 5.75 Å². The lowest BCUT2D eigenvalue weighted by molar-refractivity contribution is -0.0368. The molecule has 1 aromatic carbocycles. The van der Waals surface area contributed by atoms with Gasteiger partial charge in [-0.3, -0.25) is 0 Å². The van der Waals surface area contributed by atoms with Crippen LogP contribution in [0, 0.1) is 6.92 Å². The second-order valence-electron chi connectivity index (χ2n) is 4.55. The van der Waals surface area contributed by atoms with Crippen molar-refractivity contribution < 1.29 is 9.84 Å². The van der Waals surface area contributed by atoms with E-state index in [1.54, 1.807) is 12.1 Å². The molecular weight excluding hydrogens is 216 g/mol. The zero-order chi connectivity index (χ0) is 11.8. The number of aryl methyl sites for hydroxylation is 1. The van der Waals surface area contributed by atoms with Crippen LogP contribution in [-0.4, -0.2) is 21.5 Å². The summed E-state index contributed by atoms with van der Waals surface area (Å²) in [6.07, 6.45) is 3.37. The second kappa shape index (κ2) is 4.04. The topological polar surface area (TPSA) is 47.3 Å². The summed E-state index contributed by atoms with van der Waals surface area (Å²) in [7, 11) is 0. The zero-order valence-electron chi connectivity index (χ0n) is 9.89. The predicted octanol–water partition coefficient (Wildman–Crippen LogP) is 2.75. The third kappa shape index (κ3) is 1.78. The number of aromatic nitrogens is 2. The van der Waals surface area contributed by atoms with Crippen LogP contribution in [0.15, 0.2) is 18.2 Å². The van der Waals surface area contributed by atoms with E-state index in [0.29, 0.717) is 0 Å². The monoisotopic (exact) mass is 232 g/mol. The highest BCUT2D eigenvalue weighted by Crippen LogP contribution is 2.29. The van der Waals surface area contributed by atoms with E-state index in [4.69, 9.17) is 4.74 Å². The highest BCUT2D eigenvalue weighted by atomic mass is 16.5. The summed E-state index contributed by atoms with van der Waals surface area (Å²) in [6, 6.07) is 5.36. The van der Waals surface area contributed by atoms with Gasteiger partial charge in [0.2, 0.25) is 0 Å². The number of phenols is 1. The molecule has 2 aromatic rings. The summed E-state index contributed by atoms with van der Waals surface area (Å²) in [5, 5.41) is 15.0. The van der Waals surface area contributed by atoms with Crippen molar-refractivity contribution in [2.45, 2.75) is 32.4 Å². The van der Waals surface area contributed by atoms with Crippen LogP contribution in [0.4, 0.5) is 0 Å². The van der Waals surface area contributed by atoms with Gasteiger partial charge in [-0.1, -0.05) is 0 Å². The van der Waals surface area contributed by atoms with Gasteiger partial charge in [0.05, 0.1) is 11.2 Å². The molecule has 17 heavy (non-hydrogen) atoms. The van der Waals surface area contributed by atoms with E-state index in [0.717, 1.165) is 36.0 Å². The first-order valence-electron chi connectivity index (χ1n) is 6.05. The van der Waals surface area contributed by atoms with Crippen LogP contribution in [0.2, 0.25) is 0 Å². The first-order valence-corrected chi connectivity index (χ1v) is 6.05. The van der Waals surface area contributed by atoms with Gasteiger partial charge in [-0.05, 0) is 44.4 Å². The minimum Gasteiger partial charge on any atom is -0.508 e. The minimum absolute atomic E-state index is 0.0458. The number of ether oxygens (including phenoxy) is 1. The molecule has 1 aromatic heterocycles. The molecule has 4 heteroatoms. The molecule has 3 rings (SSSR count). The van der Waals surface area contributed by atoms with Crippen LogP contribution in [0.3, 0.4) is 0 Å². The number of aromatic hydroxyl groups is 1. The molecule has 1 atom stereocenters. The average molecular weight is 232 g/mol. The summed E-state index contributed by atoms with van der Waals surface area (Å²) >= 11 is 0. The fourth-order valence-electron chi connectivity index (χ4n) is 2.42. The normalized spacial score (nSPS) is 20.9. The lowest BCUT2D eigenvalue weighted by Gasteiger charge is -2.23. The molecule has 0 saturated carbocycles. The van der Waals surface area contributed by atoms with Gasteiger partial charge in [0.25, 0.3) is 0 Å². The SMILES string of the molecule is Cc1nn(C2CCCCO2)c2ccc(O)cc12. The van der Waals surface area contributed by atoms with Crippen LogP contribution in [-0.2, 0) is 4.74 Å². The van der Waals surface area contributed by atoms with E-state index in [-0.39, 0.29) is 12.0 Å². The number of phenolic OH excluding ortho intramolecular Hbond substituents is 1. The number of nitrogens with zero attached hydrogens (tertiary/aromatic N) is 2. The van der Waals surface area contributed by atoms with E-state index in [1.807, 2.05) is 17.7 Å². The quantitative estimate of drug-likeness (QED) is 0.822. The molecule has 1 aliphatic rings. The fraction of sp³-hybridized carbons (Fsp3) is 0.462. The fourth-order valence-corrected chi connectivity index (χ4v) is 2.42. The Labute approximate surface area is 99.8 Å². The van der Waals surface area contributed by atoms with Crippen molar-refractivity contribution in [3.05, 3.63) is 23.9 Å². The molecule has 1 unspecified atom stereocenters. The van der Waals surface area contributed by atoms with Gasteiger partial charge in [-0.25, -0.2) is 4.68 Å². The Balaban J connectivity index is 2.10. The summed E-state index contributed by atoms with van der Waals surface area (Å²) in [5.41, 5.74) is 1.97. The van der Waals surface area contributed by atoms with Crippen LogP contribution in [0.5, 0.6) is 5.75 Å². The van der Waals surface area contributed by atoms with Crippen LogP contribution >= 0.6 is 0 Å². The van der Waals surface area contributed by atoms with Crippen LogP contribution in [0.1, 0.15) is 31.2 Å². The number of benzene rings is 1. The second-order valence-corrected chi connectivity index (χ2v) is 4.55. The predicted molar refractivity (Wildman–Crippen MR) is 65.0 cm³/mol. The van der Waals surface area contributed by atoms with Crippen molar-refractivity contribution in [1.82, 2.24) is 9.78 Å². The Morgan fingerprint density at radius 3 is 3.06 bits per heavy atom. The molecule has 1 fully saturated rings. The first-order chi connectivity index (χ1) is 8.25. The Bertz CT molecular complexity index is 542. The highest BCUT2D eigenvalue weighted by molar-refractivity contribution is 5.83. The minimum atomic E-state index is 0.0458. The largest absolute Gasteiger partial charge is 0.508 e.